The van der Waals surface area contributed by atoms with Gasteiger partial charge in [-0.05, 0) is 122 Å². The third-order valence-corrected chi connectivity index (χ3v) is 12.4. The molecule has 64 heavy (non-hydrogen) atoms. The summed E-state index contributed by atoms with van der Waals surface area (Å²) in [6, 6.07) is 96.8. The minimum absolute atomic E-state index is 0.275. The smallest absolute Gasteiger partial charge is 0.0462 e. The van der Waals surface area contributed by atoms with Gasteiger partial charge in [-0.15, -0.1) is 0 Å². The number of rotatable bonds is 13. The Morgan fingerprint density at radius 2 is 0.484 bits per heavy atom. The summed E-state index contributed by atoms with van der Waals surface area (Å²) in [6.45, 7) is 0. The van der Waals surface area contributed by atoms with Crippen LogP contribution in [0.5, 0.6) is 0 Å². The molecule has 306 valence electrons. The SMILES string of the molecule is c1ccc(-c2ccc(-c3ccc(N(c4ccccc4)c4ccc(-c5ccc(CCC(c6ccc(-c7ccccc7)cc6)c6ccc(-c7ccccc7)cc6)cc5)cc4)cc3)cc2)cc1. The molecule has 0 fully saturated rings. The molecule has 10 aromatic carbocycles. The molecule has 0 atom stereocenters. The molecule has 0 unspecified atom stereocenters. The summed E-state index contributed by atoms with van der Waals surface area (Å²) in [5.41, 5.74) is 19.6. The fourth-order valence-electron chi connectivity index (χ4n) is 8.89. The Morgan fingerprint density at radius 1 is 0.234 bits per heavy atom. The molecule has 0 bridgehead atoms. The minimum Gasteiger partial charge on any atom is -0.311 e. The van der Waals surface area contributed by atoms with Crippen LogP contribution in [-0.4, -0.2) is 0 Å². The van der Waals surface area contributed by atoms with Crippen LogP contribution in [0.2, 0.25) is 0 Å². The van der Waals surface area contributed by atoms with E-state index in [0.717, 1.165) is 29.9 Å². The van der Waals surface area contributed by atoms with Crippen molar-refractivity contribution in [2.75, 3.05) is 4.90 Å². The van der Waals surface area contributed by atoms with E-state index < -0.39 is 0 Å². The largest absolute Gasteiger partial charge is 0.311 e. The first-order valence-electron chi connectivity index (χ1n) is 22.3. The molecule has 0 radical (unpaired) electrons. The molecule has 0 amide bonds. The summed E-state index contributed by atoms with van der Waals surface area (Å²) >= 11 is 0. The predicted molar refractivity (Wildman–Crippen MR) is 271 cm³/mol. The number of benzene rings is 10. The van der Waals surface area contributed by atoms with E-state index >= 15 is 0 Å². The minimum atomic E-state index is 0.275. The summed E-state index contributed by atoms with van der Waals surface area (Å²) in [5.74, 6) is 0.275. The molecule has 0 saturated carbocycles. The number of anilines is 3. The van der Waals surface area contributed by atoms with Crippen LogP contribution in [0.25, 0.3) is 55.6 Å². The van der Waals surface area contributed by atoms with Gasteiger partial charge in [-0.25, -0.2) is 0 Å². The van der Waals surface area contributed by atoms with Crippen molar-refractivity contribution >= 4 is 17.1 Å². The maximum absolute atomic E-state index is 2.33. The highest BCUT2D eigenvalue weighted by Crippen LogP contribution is 2.38. The number of hydrogen-bond acceptors (Lipinski definition) is 1. The molecule has 0 heterocycles. The standard InChI is InChI=1S/C63H49N/c1-5-13-48(14-6-1)52-26-28-55(29-27-52)57-40-44-62(45-41-57)64(60-19-11-4-12-20-60)61-42-38-56(39-43-61)51-24-21-47(22-25-51)23-46-63(58-34-30-53(31-35-58)49-15-7-2-8-16-49)59-36-32-54(33-37-59)50-17-9-3-10-18-50/h1-22,24-45,63H,23,46H2. The molecule has 10 rings (SSSR count). The predicted octanol–water partition coefficient (Wildman–Crippen LogP) is 17.3. The van der Waals surface area contributed by atoms with E-state index in [1.807, 2.05) is 0 Å². The molecule has 10 aromatic rings. The number of nitrogens with zero attached hydrogens (tertiary/aromatic N) is 1. The van der Waals surface area contributed by atoms with Crippen molar-refractivity contribution in [2.45, 2.75) is 18.8 Å². The van der Waals surface area contributed by atoms with Crippen LogP contribution >= 0.6 is 0 Å². The van der Waals surface area contributed by atoms with E-state index in [4.69, 9.17) is 0 Å². The van der Waals surface area contributed by atoms with E-state index in [9.17, 15) is 0 Å². The monoisotopic (exact) mass is 819 g/mol. The second-order valence-electron chi connectivity index (χ2n) is 16.5. The Kier molecular flexibility index (Phi) is 11.9. The van der Waals surface area contributed by atoms with Crippen molar-refractivity contribution in [3.05, 3.63) is 284 Å². The van der Waals surface area contributed by atoms with Gasteiger partial charge in [-0.3, -0.25) is 0 Å². The topological polar surface area (TPSA) is 3.24 Å². The lowest BCUT2D eigenvalue weighted by molar-refractivity contribution is 0.715. The summed E-state index contributed by atoms with van der Waals surface area (Å²) in [5, 5.41) is 0. The molecule has 0 aliphatic carbocycles. The van der Waals surface area contributed by atoms with Gasteiger partial charge in [-0.2, -0.15) is 0 Å². The molecule has 1 heteroatoms. The third-order valence-electron chi connectivity index (χ3n) is 12.4. The normalized spacial score (nSPS) is 11.1. The first kappa shape index (κ1) is 40.1. The average molecular weight is 820 g/mol. The van der Waals surface area contributed by atoms with Gasteiger partial charge in [0.2, 0.25) is 0 Å². The zero-order chi connectivity index (χ0) is 42.9. The molecule has 0 saturated heterocycles. The van der Waals surface area contributed by atoms with Crippen LogP contribution in [0.4, 0.5) is 17.1 Å². The molecular weight excluding hydrogens is 771 g/mol. The van der Waals surface area contributed by atoms with E-state index in [-0.39, 0.29) is 5.92 Å². The van der Waals surface area contributed by atoms with E-state index in [1.54, 1.807) is 0 Å². The van der Waals surface area contributed by atoms with Crippen LogP contribution in [0.3, 0.4) is 0 Å². The lowest BCUT2D eigenvalue weighted by atomic mass is 9.85. The first-order valence-corrected chi connectivity index (χ1v) is 22.3. The highest BCUT2D eigenvalue weighted by Gasteiger charge is 2.17. The highest BCUT2D eigenvalue weighted by molar-refractivity contribution is 5.80. The van der Waals surface area contributed by atoms with Crippen molar-refractivity contribution in [3.8, 4) is 55.6 Å². The Balaban J connectivity index is 0.855. The van der Waals surface area contributed by atoms with Gasteiger partial charge in [0.15, 0.2) is 0 Å². The highest BCUT2D eigenvalue weighted by atomic mass is 15.1. The Labute approximate surface area is 378 Å². The molecule has 0 aliphatic rings. The van der Waals surface area contributed by atoms with Gasteiger partial charge >= 0.3 is 0 Å². The van der Waals surface area contributed by atoms with Crippen molar-refractivity contribution in [1.29, 1.82) is 0 Å². The van der Waals surface area contributed by atoms with Crippen molar-refractivity contribution < 1.29 is 0 Å². The second-order valence-corrected chi connectivity index (χ2v) is 16.5. The lowest BCUT2D eigenvalue weighted by Gasteiger charge is -2.26. The van der Waals surface area contributed by atoms with E-state index in [2.05, 4.69) is 272 Å². The Hall–Kier alpha value is -8.00. The first-order chi connectivity index (χ1) is 31.7. The van der Waals surface area contributed by atoms with E-state index in [0.29, 0.717) is 0 Å². The van der Waals surface area contributed by atoms with Gasteiger partial charge < -0.3 is 4.90 Å². The summed E-state index contributed by atoms with van der Waals surface area (Å²) in [6.07, 6.45) is 1.99. The van der Waals surface area contributed by atoms with E-state index in [1.165, 1.54) is 72.3 Å². The fourth-order valence-corrected chi connectivity index (χ4v) is 8.89. The number of hydrogen-bond donors (Lipinski definition) is 0. The molecule has 1 nitrogen and oxygen atoms in total. The Morgan fingerprint density at radius 3 is 0.828 bits per heavy atom. The third kappa shape index (κ3) is 9.12. The zero-order valence-corrected chi connectivity index (χ0v) is 35.8. The maximum Gasteiger partial charge on any atom is 0.0462 e. The number of aryl methyl sites for hydroxylation is 1. The fraction of sp³-hybridized carbons (Fsp3) is 0.0476. The molecule has 0 N–H and O–H groups in total. The van der Waals surface area contributed by atoms with Gasteiger partial charge in [0.05, 0.1) is 0 Å². The second kappa shape index (κ2) is 18.9. The van der Waals surface area contributed by atoms with Gasteiger partial charge in [0.25, 0.3) is 0 Å². The number of para-hydroxylation sites is 1. The van der Waals surface area contributed by atoms with Crippen molar-refractivity contribution in [1.82, 2.24) is 0 Å². The lowest BCUT2D eigenvalue weighted by Crippen LogP contribution is -2.09. The summed E-state index contributed by atoms with van der Waals surface area (Å²) in [4.78, 5) is 2.33. The average Bonchev–Trinajstić information content (AvgIpc) is 3.39. The summed E-state index contributed by atoms with van der Waals surface area (Å²) in [7, 11) is 0. The van der Waals surface area contributed by atoms with Crippen molar-refractivity contribution in [3.63, 3.8) is 0 Å². The molecular formula is C63H49N. The zero-order valence-electron chi connectivity index (χ0n) is 35.8. The quantitative estimate of drug-likeness (QED) is 0.112. The van der Waals surface area contributed by atoms with Crippen LogP contribution in [0, 0.1) is 0 Å². The Bertz CT molecular complexity index is 2910. The van der Waals surface area contributed by atoms with Crippen LogP contribution < -0.4 is 4.90 Å². The van der Waals surface area contributed by atoms with Crippen LogP contribution in [0.15, 0.2) is 267 Å². The van der Waals surface area contributed by atoms with Crippen molar-refractivity contribution in [2.24, 2.45) is 0 Å². The van der Waals surface area contributed by atoms with Crippen LogP contribution in [0.1, 0.15) is 29.0 Å². The van der Waals surface area contributed by atoms with Gasteiger partial charge in [-0.1, -0.05) is 231 Å². The van der Waals surface area contributed by atoms with Gasteiger partial charge in [0.1, 0.15) is 0 Å². The van der Waals surface area contributed by atoms with Crippen LogP contribution in [-0.2, 0) is 6.42 Å². The molecule has 0 aromatic heterocycles. The molecule has 0 spiro atoms. The molecule has 0 aliphatic heterocycles. The maximum atomic E-state index is 2.33. The summed E-state index contributed by atoms with van der Waals surface area (Å²) < 4.78 is 0. The van der Waals surface area contributed by atoms with Gasteiger partial charge in [0, 0.05) is 23.0 Å².